The Balaban J connectivity index is 1.42. The Morgan fingerprint density at radius 3 is 2.28 bits per heavy atom. The molecule has 3 fully saturated rings. The lowest BCUT2D eigenvalue weighted by Gasteiger charge is -2.39. The molecule has 6 nitrogen and oxygen atoms in total. The summed E-state index contributed by atoms with van der Waals surface area (Å²) >= 11 is 0. The molecule has 1 saturated carbocycles. The molecule has 9 heteroatoms. The topological polar surface area (TPSA) is 73.7 Å². The summed E-state index contributed by atoms with van der Waals surface area (Å²) in [7, 11) is 0. The van der Waals surface area contributed by atoms with Crippen LogP contribution < -0.4 is 4.90 Å². The van der Waals surface area contributed by atoms with Crippen molar-refractivity contribution < 1.29 is 27.9 Å². The number of amides is 2. The van der Waals surface area contributed by atoms with Crippen LogP contribution in [0, 0.1) is 5.41 Å². The number of hydrogen-bond donors (Lipinski definition) is 1. The highest BCUT2D eigenvalue weighted by Crippen LogP contribution is 2.45. The van der Waals surface area contributed by atoms with Crippen LogP contribution in [0.2, 0.25) is 0 Å². The Bertz CT molecular complexity index is 780. The minimum Gasteiger partial charge on any atom is -0.393 e. The normalized spacial score (nSPS) is 27.7. The van der Waals surface area contributed by atoms with Gasteiger partial charge >= 0.3 is 6.18 Å². The van der Waals surface area contributed by atoms with Gasteiger partial charge in [0.15, 0.2) is 0 Å². The van der Waals surface area contributed by atoms with E-state index >= 15 is 0 Å². The van der Waals surface area contributed by atoms with Gasteiger partial charge in [0.25, 0.3) is 0 Å². The molecule has 3 aliphatic rings. The van der Waals surface area contributed by atoms with Crippen molar-refractivity contribution in [3.63, 3.8) is 0 Å². The number of alkyl halides is 3. The molecule has 0 atom stereocenters. The SMILES string of the molecule is O=C1CC2(CCN(c3ccc(C(F)(F)F)cn3)CC2)C(=O)N1C1CCC(O)CC1. The van der Waals surface area contributed by atoms with Gasteiger partial charge in [-0.15, -0.1) is 0 Å². The Kier molecular flexibility index (Phi) is 5.04. The molecule has 1 aliphatic carbocycles. The Hall–Kier alpha value is -2.16. The maximum Gasteiger partial charge on any atom is 0.417 e. The summed E-state index contributed by atoms with van der Waals surface area (Å²) in [5, 5.41) is 9.68. The average Bonchev–Trinajstić information content (AvgIpc) is 2.92. The predicted octanol–water partition coefficient (Wildman–Crippen LogP) is 2.75. The Labute approximate surface area is 166 Å². The molecular formula is C20H24F3N3O3. The number of pyridine rings is 1. The number of halogens is 3. The highest BCUT2D eigenvalue weighted by atomic mass is 19.4. The fraction of sp³-hybridized carbons (Fsp3) is 0.650. The van der Waals surface area contributed by atoms with E-state index in [4.69, 9.17) is 0 Å². The molecule has 2 aliphatic heterocycles. The summed E-state index contributed by atoms with van der Waals surface area (Å²) in [5.41, 5.74) is -1.50. The van der Waals surface area contributed by atoms with E-state index in [1.165, 1.54) is 11.0 Å². The van der Waals surface area contributed by atoms with Crippen LogP contribution in [0.4, 0.5) is 19.0 Å². The zero-order valence-corrected chi connectivity index (χ0v) is 16.0. The number of hydrogen-bond acceptors (Lipinski definition) is 5. The fourth-order valence-electron chi connectivity index (χ4n) is 4.80. The van der Waals surface area contributed by atoms with Gasteiger partial charge in [0.1, 0.15) is 5.82 Å². The monoisotopic (exact) mass is 411 g/mol. The molecule has 0 aromatic carbocycles. The zero-order chi connectivity index (χ0) is 20.8. The van der Waals surface area contributed by atoms with E-state index in [0.717, 1.165) is 12.3 Å². The lowest BCUT2D eigenvalue weighted by Crippen LogP contribution is -2.48. The van der Waals surface area contributed by atoms with Crippen molar-refractivity contribution in [3.05, 3.63) is 23.9 Å². The molecule has 1 aromatic rings. The van der Waals surface area contributed by atoms with Crippen molar-refractivity contribution in [3.8, 4) is 0 Å². The smallest absolute Gasteiger partial charge is 0.393 e. The summed E-state index contributed by atoms with van der Waals surface area (Å²) < 4.78 is 38.1. The van der Waals surface area contributed by atoms with E-state index in [-0.39, 0.29) is 30.4 Å². The largest absolute Gasteiger partial charge is 0.417 e. The highest BCUT2D eigenvalue weighted by Gasteiger charge is 2.54. The molecule has 2 saturated heterocycles. The number of likely N-dealkylation sites (tertiary alicyclic amines) is 1. The minimum atomic E-state index is -4.42. The molecule has 2 amide bonds. The number of imide groups is 1. The van der Waals surface area contributed by atoms with E-state index in [1.54, 1.807) is 0 Å². The van der Waals surface area contributed by atoms with Gasteiger partial charge in [0, 0.05) is 31.7 Å². The van der Waals surface area contributed by atoms with E-state index in [2.05, 4.69) is 4.98 Å². The molecule has 29 heavy (non-hydrogen) atoms. The second-order valence-corrected chi connectivity index (χ2v) is 8.38. The third kappa shape index (κ3) is 3.72. The number of carbonyl (C=O) groups is 2. The molecule has 0 bridgehead atoms. The van der Waals surface area contributed by atoms with Crippen LogP contribution in [-0.2, 0) is 15.8 Å². The van der Waals surface area contributed by atoms with Crippen LogP contribution in [0.5, 0.6) is 0 Å². The van der Waals surface area contributed by atoms with Crippen molar-refractivity contribution in [2.24, 2.45) is 5.41 Å². The average molecular weight is 411 g/mol. The number of piperidine rings is 1. The first-order chi connectivity index (χ1) is 13.7. The van der Waals surface area contributed by atoms with E-state index < -0.39 is 17.2 Å². The zero-order valence-electron chi connectivity index (χ0n) is 16.0. The van der Waals surface area contributed by atoms with Crippen molar-refractivity contribution in [2.45, 2.75) is 63.3 Å². The molecule has 3 heterocycles. The van der Waals surface area contributed by atoms with Gasteiger partial charge < -0.3 is 10.0 Å². The summed E-state index contributed by atoms with van der Waals surface area (Å²) in [6.45, 7) is 0.934. The van der Waals surface area contributed by atoms with Crippen LogP contribution in [0.3, 0.4) is 0 Å². The Morgan fingerprint density at radius 2 is 1.72 bits per heavy atom. The fourth-order valence-corrected chi connectivity index (χ4v) is 4.80. The van der Waals surface area contributed by atoms with Crippen molar-refractivity contribution in [2.75, 3.05) is 18.0 Å². The second-order valence-electron chi connectivity index (χ2n) is 8.38. The number of aliphatic hydroxyl groups excluding tert-OH is 1. The number of aliphatic hydroxyl groups is 1. The van der Waals surface area contributed by atoms with Crippen LogP contribution in [0.25, 0.3) is 0 Å². The molecule has 1 aromatic heterocycles. The number of anilines is 1. The maximum absolute atomic E-state index is 13.2. The lowest BCUT2D eigenvalue weighted by atomic mass is 9.77. The summed E-state index contributed by atoms with van der Waals surface area (Å²) in [6.07, 6.45) is -0.336. The van der Waals surface area contributed by atoms with Gasteiger partial charge in [0.2, 0.25) is 11.8 Å². The molecular weight excluding hydrogens is 387 g/mol. The molecule has 1 spiro atoms. The summed E-state index contributed by atoms with van der Waals surface area (Å²) in [5.74, 6) is 0.184. The number of rotatable bonds is 2. The molecule has 4 rings (SSSR count). The number of nitrogens with zero attached hydrogens (tertiary/aromatic N) is 3. The first kappa shape index (κ1) is 20.1. The van der Waals surface area contributed by atoms with Crippen LogP contribution in [-0.4, -0.2) is 52.0 Å². The van der Waals surface area contributed by atoms with E-state index in [1.807, 2.05) is 4.90 Å². The second kappa shape index (κ2) is 7.27. The van der Waals surface area contributed by atoms with Gasteiger partial charge in [-0.05, 0) is 50.7 Å². The van der Waals surface area contributed by atoms with E-state index in [9.17, 15) is 27.9 Å². The van der Waals surface area contributed by atoms with Crippen LogP contribution >= 0.6 is 0 Å². The quantitative estimate of drug-likeness (QED) is 0.758. The summed E-state index contributed by atoms with van der Waals surface area (Å²) in [4.78, 5) is 33.0. The van der Waals surface area contributed by atoms with Gasteiger partial charge in [-0.2, -0.15) is 13.2 Å². The predicted molar refractivity (Wildman–Crippen MR) is 97.9 cm³/mol. The first-order valence-electron chi connectivity index (χ1n) is 10.0. The first-order valence-corrected chi connectivity index (χ1v) is 10.0. The Morgan fingerprint density at radius 1 is 1.07 bits per heavy atom. The molecule has 1 N–H and O–H groups in total. The van der Waals surface area contributed by atoms with Crippen LogP contribution in [0.1, 0.15) is 50.5 Å². The lowest BCUT2D eigenvalue weighted by molar-refractivity contribution is -0.146. The van der Waals surface area contributed by atoms with Gasteiger partial charge in [-0.1, -0.05) is 0 Å². The van der Waals surface area contributed by atoms with Gasteiger partial charge in [0.05, 0.1) is 17.1 Å². The van der Waals surface area contributed by atoms with Crippen molar-refractivity contribution in [1.82, 2.24) is 9.88 Å². The number of aromatic nitrogens is 1. The minimum absolute atomic E-state index is 0.121. The van der Waals surface area contributed by atoms with E-state index in [0.29, 0.717) is 57.4 Å². The highest BCUT2D eigenvalue weighted by molar-refractivity contribution is 6.06. The van der Waals surface area contributed by atoms with Crippen LogP contribution in [0.15, 0.2) is 18.3 Å². The third-order valence-electron chi connectivity index (χ3n) is 6.58. The molecule has 158 valence electrons. The standard InChI is InChI=1S/C20H24F3N3O3/c21-20(22,23)13-1-6-16(24-12-13)25-9-7-19(8-10-25)11-17(28)26(18(19)29)14-2-4-15(27)5-3-14/h1,6,12,14-15,27H,2-5,7-11H2. The third-order valence-corrected chi connectivity index (χ3v) is 6.58. The van der Waals surface area contributed by atoms with Gasteiger partial charge in [-0.25, -0.2) is 4.98 Å². The summed E-state index contributed by atoms with van der Waals surface area (Å²) in [6, 6.07) is 2.23. The van der Waals surface area contributed by atoms with Gasteiger partial charge in [-0.3, -0.25) is 14.5 Å². The van der Waals surface area contributed by atoms with Crippen molar-refractivity contribution >= 4 is 17.6 Å². The molecule has 0 unspecified atom stereocenters. The van der Waals surface area contributed by atoms with Crippen molar-refractivity contribution in [1.29, 1.82) is 0 Å². The maximum atomic E-state index is 13.2. The molecule has 0 radical (unpaired) electrons. The number of carbonyl (C=O) groups excluding carboxylic acids is 2.